The number of piperazine rings is 1. The number of amides is 1. The minimum atomic E-state index is -4.31. The van der Waals surface area contributed by atoms with Crippen LogP contribution in [-0.4, -0.2) is 56.6 Å². The lowest BCUT2D eigenvalue weighted by atomic mass is 10.1. The molecule has 1 saturated heterocycles. The van der Waals surface area contributed by atoms with E-state index in [0.29, 0.717) is 25.3 Å². The van der Waals surface area contributed by atoms with Gasteiger partial charge in [-0.15, -0.1) is 37.2 Å². The van der Waals surface area contributed by atoms with Crippen molar-refractivity contribution in [3.8, 4) is 0 Å². The van der Waals surface area contributed by atoms with Gasteiger partial charge in [0.05, 0.1) is 12.1 Å². The molecule has 1 fully saturated rings. The largest absolute Gasteiger partial charge is 0.416 e. The van der Waals surface area contributed by atoms with Crippen molar-refractivity contribution in [1.29, 1.82) is 0 Å². The molecule has 2 rings (SSSR count). The van der Waals surface area contributed by atoms with Crippen molar-refractivity contribution in [3.05, 3.63) is 29.8 Å². The minimum Gasteiger partial charge on any atom is -0.369 e. The number of carbonyl (C=O) groups is 1. The first-order valence-electron chi connectivity index (χ1n) is 8.01. The lowest BCUT2D eigenvalue weighted by molar-refractivity contribution is -0.137. The van der Waals surface area contributed by atoms with Crippen molar-refractivity contribution in [2.75, 3.05) is 50.7 Å². The van der Waals surface area contributed by atoms with E-state index >= 15 is 0 Å². The molecule has 5 nitrogen and oxygen atoms in total. The molecule has 1 amide bonds. The van der Waals surface area contributed by atoms with E-state index in [9.17, 15) is 18.0 Å². The molecule has 1 aliphatic heterocycles. The lowest BCUT2D eigenvalue weighted by Gasteiger charge is -2.36. The predicted octanol–water partition coefficient (Wildman–Crippen LogP) is 2.56. The second kappa shape index (κ2) is 13.3. The Bertz CT molecular complexity index is 556. The molecule has 1 aromatic carbocycles. The average Bonchev–Trinajstić information content (AvgIpc) is 2.58. The molecule has 1 aromatic rings. The van der Waals surface area contributed by atoms with E-state index in [1.54, 1.807) is 6.07 Å². The van der Waals surface area contributed by atoms with E-state index in [4.69, 9.17) is 5.73 Å². The molecule has 0 bridgehead atoms. The second-order valence-corrected chi connectivity index (χ2v) is 5.78. The van der Waals surface area contributed by atoms with Gasteiger partial charge in [-0.3, -0.25) is 9.69 Å². The van der Waals surface area contributed by atoms with Crippen molar-refractivity contribution in [2.45, 2.75) is 12.6 Å². The van der Waals surface area contributed by atoms with Crippen LogP contribution in [0.4, 0.5) is 18.9 Å². The number of rotatable bonds is 6. The molecular weight excluding hydrogens is 428 g/mol. The normalized spacial score (nSPS) is 14.4. The summed E-state index contributed by atoms with van der Waals surface area (Å²) in [5, 5.41) is 2.72. The second-order valence-electron chi connectivity index (χ2n) is 5.78. The van der Waals surface area contributed by atoms with Crippen molar-refractivity contribution >= 4 is 48.8 Å². The molecule has 27 heavy (non-hydrogen) atoms. The molecule has 3 N–H and O–H groups in total. The van der Waals surface area contributed by atoms with E-state index in [-0.39, 0.29) is 49.7 Å². The summed E-state index contributed by atoms with van der Waals surface area (Å²) in [7, 11) is 0. The van der Waals surface area contributed by atoms with Crippen LogP contribution in [0.3, 0.4) is 0 Å². The van der Waals surface area contributed by atoms with E-state index < -0.39 is 11.7 Å². The monoisotopic (exact) mass is 452 g/mol. The van der Waals surface area contributed by atoms with Crippen molar-refractivity contribution in [2.24, 2.45) is 5.73 Å². The zero-order valence-electron chi connectivity index (χ0n) is 14.7. The van der Waals surface area contributed by atoms with Gasteiger partial charge in [0, 0.05) is 38.4 Å². The highest BCUT2D eigenvalue weighted by Gasteiger charge is 2.31. The van der Waals surface area contributed by atoms with Crippen LogP contribution in [0.2, 0.25) is 0 Å². The highest BCUT2D eigenvalue weighted by Crippen LogP contribution is 2.31. The zero-order valence-corrected chi connectivity index (χ0v) is 17.2. The van der Waals surface area contributed by atoms with Gasteiger partial charge in [-0.1, -0.05) is 6.07 Å². The molecule has 0 saturated carbocycles. The van der Waals surface area contributed by atoms with Gasteiger partial charge in [0.15, 0.2) is 0 Å². The van der Waals surface area contributed by atoms with Gasteiger partial charge in [-0.05, 0) is 31.2 Å². The highest BCUT2D eigenvalue weighted by molar-refractivity contribution is 5.86. The predicted molar refractivity (Wildman–Crippen MR) is 109 cm³/mol. The number of nitrogens with one attached hydrogen (secondary N) is 1. The third kappa shape index (κ3) is 9.21. The number of hydrogen-bond acceptors (Lipinski definition) is 4. The van der Waals surface area contributed by atoms with Crippen LogP contribution in [-0.2, 0) is 11.0 Å². The Morgan fingerprint density at radius 2 is 1.74 bits per heavy atom. The lowest BCUT2D eigenvalue weighted by Crippen LogP contribution is -2.47. The third-order valence-corrected chi connectivity index (χ3v) is 4.07. The number of alkyl halides is 3. The number of benzene rings is 1. The van der Waals surface area contributed by atoms with Gasteiger partial charge in [0.25, 0.3) is 0 Å². The maximum absolute atomic E-state index is 12.8. The Hall–Kier alpha value is -0.930. The first kappa shape index (κ1) is 28.3. The van der Waals surface area contributed by atoms with Crippen LogP contribution >= 0.6 is 37.2 Å². The van der Waals surface area contributed by atoms with Crippen LogP contribution in [0.1, 0.15) is 12.0 Å². The molecule has 0 aromatic heterocycles. The first-order chi connectivity index (χ1) is 11.4. The van der Waals surface area contributed by atoms with E-state index in [1.807, 2.05) is 4.90 Å². The van der Waals surface area contributed by atoms with Gasteiger partial charge in [-0.2, -0.15) is 13.2 Å². The summed E-state index contributed by atoms with van der Waals surface area (Å²) in [5.74, 6) is -0.163. The topological polar surface area (TPSA) is 61.6 Å². The highest BCUT2D eigenvalue weighted by atomic mass is 35.5. The minimum absolute atomic E-state index is 0. The van der Waals surface area contributed by atoms with Crippen LogP contribution in [0.5, 0.6) is 0 Å². The maximum Gasteiger partial charge on any atom is 0.416 e. The van der Waals surface area contributed by atoms with Gasteiger partial charge in [0.2, 0.25) is 5.91 Å². The van der Waals surface area contributed by atoms with Gasteiger partial charge in [0.1, 0.15) is 0 Å². The SMILES string of the molecule is Cl.Cl.Cl.NCC(=O)NCCCN1CCN(c2cccc(C(F)(F)F)c2)CC1. The van der Waals surface area contributed by atoms with Crippen molar-refractivity contribution < 1.29 is 18.0 Å². The fourth-order valence-corrected chi connectivity index (χ4v) is 2.71. The number of halogens is 6. The smallest absolute Gasteiger partial charge is 0.369 e. The van der Waals surface area contributed by atoms with Gasteiger partial charge < -0.3 is 16.0 Å². The average molecular weight is 454 g/mol. The van der Waals surface area contributed by atoms with Crippen LogP contribution in [0.15, 0.2) is 24.3 Å². The van der Waals surface area contributed by atoms with E-state index in [2.05, 4.69) is 10.2 Å². The summed E-state index contributed by atoms with van der Waals surface area (Å²) in [5.41, 5.74) is 5.20. The molecule has 1 heterocycles. The summed E-state index contributed by atoms with van der Waals surface area (Å²) in [6, 6.07) is 5.46. The molecule has 0 unspecified atom stereocenters. The summed E-state index contributed by atoms with van der Waals surface area (Å²) >= 11 is 0. The molecule has 0 radical (unpaired) electrons. The molecule has 0 spiro atoms. The Kier molecular flexibility index (Phi) is 13.9. The first-order valence-corrected chi connectivity index (χ1v) is 8.01. The Morgan fingerprint density at radius 3 is 2.30 bits per heavy atom. The molecule has 11 heteroatoms. The maximum atomic E-state index is 12.8. The van der Waals surface area contributed by atoms with Crippen LogP contribution in [0, 0.1) is 0 Å². The number of anilines is 1. The van der Waals surface area contributed by atoms with Gasteiger partial charge in [-0.25, -0.2) is 0 Å². The van der Waals surface area contributed by atoms with E-state index in [1.165, 1.54) is 12.1 Å². The zero-order chi connectivity index (χ0) is 17.6. The number of carbonyl (C=O) groups excluding carboxylic acids is 1. The summed E-state index contributed by atoms with van der Waals surface area (Å²) in [6.45, 7) is 4.40. The van der Waals surface area contributed by atoms with Crippen LogP contribution in [0.25, 0.3) is 0 Å². The molecule has 158 valence electrons. The number of nitrogens with two attached hydrogens (primary N) is 1. The summed E-state index contributed by atoms with van der Waals surface area (Å²) in [6.07, 6.45) is -3.49. The molecule has 1 aliphatic rings. The standard InChI is InChI=1S/C16H23F3N4O.3ClH/c17-16(18,19)13-3-1-4-14(11-13)23-9-7-22(8-10-23)6-2-5-21-15(24)12-20;;;/h1,3-4,11H,2,5-10,12,20H2,(H,21,24);3*1H. The summed E-state index contributed by atoms with van der Waals surface area (Å²) in [4.78, 5) is 15.2. The fraction of sp³-hybridized carbons (Fsp3) is 0.562. The van der Waals surface area contributed by atoms with Gasteiger partial charge >= 0.3 is 6.18 Å². The summed E-state index contributed by atoms with van der Waals surface area (Å²) < 4.78 is 38.4. The van der Waals surface area contributed by atoms with E-state index in [0.717, 1.165) is 32.1 Å². The number of nitrogens with zero attached hydrogens (tertiary/aromatic N) is 2. The third-order valence-electron chi connectivity index (χ3n) is 4.07. The number of hydrogen-bond donors (Lipinski definition) is 2. The molecule has 0 atom stereocenters. The Morgan fingerprint density at radius 1 is 1.11 bits per heavy atom. The Labute approximate surface area is 176 Å². The fourth-order valence-electron chi connectivity index (χ4n) is 2.71. The Balaban J connectivity index is 0. The van der Waals surface area contributed by atoms with Crippen molar-refractivity contribution in [3.63, 3.8) is 0 Å². The molecular formula is C16H26Cl3F3N4O. The van der Waals surface area contributed by atoms with Crippen molar-refractivity contribution in [1.82, 2.24) is 10.2 Å². The molecule has 0 aliphatic carbocycles. The van der Waals surface area contributed by atoms with Crippen LogP contribution < -0.4 is 16.0 Å². The quantitative estimate of drug-likeness (QED) is 0.650.